The second-order valence-electron chi connectivity index (χ2n) is 3.48. The van der Waals surface area contributed by atoms with Gasteiger partial charge >= 0.3 is 0 Å². The number of halogens is 1. The van der Waals surface area contributed by atoms with E-state index in [1.807, 2.05) is 13.0 Å². The Morgan fingerprint density at radius 1 is 1.12 bits per heavy atom. The minimum absolute atomic E-state index is 0.109. The van der Waals surface area contributed by atoms with E-state index in [1.54, 1.807) is 24.3 Å². The van der Waals surface area contributed by atoms with Crippen molar-refractivity contribution in [2.24, 2.45) is 0 Å². The number of hydrogen-bond acceptors (Lipinski definition) is 3. The maximum Gasteiger partial charge on any atom is 0.261 e. The van der Waals surface area contributed by atoms with Crippen molar-refractivity contribution in [2.45, 2.75) is 11.8 Å². The number of hydrogen-bond donors (Lipinski definition) is 0. The van der Waals surface area contributed by atoms with Crippen molar-refractivity contribution in [3.63, 3.8) is 0 Å². The molecule has 0 aliphatic carbocycles. The molecule has 5 heteroatoms. The molecule has 0 aliphatic heterocycles. The van der Waals surface area contributed by atoms with Gasteiger partial charge in [0.25, 0.3) is 9.05 Å². The molecule has 17 heavy (non-hydrogen) atoms. The molecule has 3 nitrogen and oxygen atoms in total. The van der Waals surface area contributed by atoms with Gasteiger partial charge in [-0.1, -0.05) is 24.3 Å². The van der Waals surface area contributed by atoms with Gasteiger partial charge in [-0.15, -0.1) is 0 Å². The van der Waals surface area contributed by atoms with Crippen LogP contribution < -0.4 is 4.74 Å². The highest BCUT2D eigenvalue weighted by molar-refractivity contribution is 8.14. The van der Waals surface area contributed by atoms with Crippen LogP contribution in [0.4, 0.5) is 0 Å². The number of rotatable bonds is 3. The van der Waals surface area contributed by atoms with E-state index in [0.717, 1.165) is 5.39 Å². The zero-order valence-corrected chi connectivity index (χ0v) is 10.8. The third kappa shape index (κ3) is 2.37. The smallest absolute Gasteiger partial charge is 0.261 e. The van der Waals surface area contributed by atoms with Crippen LogP contribution in [0.3, 0.4) is 0 Å². The van der Waals surface area contributed by atoms with E-state index in [9.17, 15) is 8.42 Å². The van der Waals surface area contributed by atoms with Crippen LogP contribution in [0, 0.1) is 0 Å². The van der Waals surface area contributed by atoms with Gasteiger partial charge in [-0.25, -0.2) is 8.42 Å². The van der Waals surface area contributed by atoms with Crippen LogP contribution in [0.15, 0.2) is 41.3 Å². The van der Waals surface area contributed by atoms with Crippen LogP contribution in [0.5, 0.6) is 5.75 Å². The molecule has 0 bridgehead atoms. The fourth-order valence-electron chi connectivity index (χ4n) is 1.75. The zero-order valence-electron chi connectivity index (χ0n) is 9.18. The first-order valence-corrected chi connectivity index (χ1v) is 7.44. The lowest BCUT2D eigenvalue weighted by atomic mass is 10.1. The first kappa shape index (κ1) is 12.2. The van der Waals surface area contributed by atoms with Crippen LogP contribution in [0.25, 0.3) is 10.8 Å². The summed E-state index contributed by atoms with van der Waals surface area (Å²) in [6.45, 7) is 2.40. The Kier molecular flexibility index (Phi) is 3.26. The Morgan fingerprint density at radius 2 is 1.76 bits per heavy atom. The van der Waals surface area contributed by atoms with Crippen molar-refractivity contribution in [3.05, 3.63) is 36.4 Å². The van der Waals surface area contributed by atoms with E-state index in [2.05, 4.69) is 0 Å². The van der Waals surface area contributed by atoms with E-state index in [1.165, 1.54) is 6.07 Å². The molecule has 0 fully saturated rings. The Balaban J connectivity index is 2.79. The average molecular weight is 271 g/mol. The fraction of sp³-hybridized carbons (Fsp3) is 0.167. The molecule has 2 aromatic carbocycles. The lowest BCUT2D eigenvalue weighted by Crippen LogP contribution is -1.95. The molecule has 0 saturated carbocycles. The summed E-state index contributed by atoms with van der Waals surface area (Å²) in [7, 11) is 1.65. The van der Waals surface area contributed by atoms with Crippen molar-refractivity contribution < 1.29 is 13.2 Å². The molecule has 90 valence electrons. The summed E-state index contributed by atoms with van der Waals surface area (Å²) in [6.07, 6.45) is 0. The summed E-state index contributed by atoms with van der Waals surface area (Å²) < 4.78 is 28.3. The first-order chi connectivity index (χ1) is 8.04. The number of benzene rings is 2. The van der Waals surface area contributed by atoms with Gasteiger partial charge < -0.3 is 4.74 Å². The minimum Gasteiger partial charge on any atom is -0.493 e. The Bertz CT molecular complexity index is 650. The summed E-state index contributed by atoms with van der Waals surface area (Å²) in [5, 5.41) is 1.32. The highest BCUT2D eigenvalue weighted by Crippen LogP contribution is 2.31. The first-order valence-electron chi connectivity index (χ1n) is 5.13. The standard InChI is InChI=1S/C12H11ClO3S/c1-2-16-11-7-3-6-10-9(11)5-4-8-12(10)17(13,14)15/h3-8H,2H2,1H3. The normalized spacial score (nSPS) is 11.6. The molecule has 0 heterocycles. The SMILES string of the molecule is CCOc1cccc2c(S(=O)(=O)Cl)cccc12. The molecule has 0 saturated heterocycles. The highest BCUT2D eigenvalue weighted by Gasteiger charge is 2.15. The zero-order chi connectivity index (χ0) is 12.5. The molecule has 2 aromatic rings. The second kappa shape index (κ2) is 4.55. The van der Waals surface area contributed by atoms with E-state index in [0.29, 0.717) is 17.7 Å². The Labute approximate surface area is 104 Å². The van der Waals surface area contributed by atoms with E-state index in [4.69, 9.17) is 15.4 Å². The summed E-state index contributed by atoms with van der Waals surface area (Å²) in [5.74, 6) is 0.659. The van der Waals surface area contributed by atoms with Gasteiger partial charge in [-0.05, 0) is 19.1 Å². The molecule has 0 atom stereocenters. The largest absolute Gasteiger partial charge is 0.493 e. The van der Waals surface area contributed by atoms with Gasteiger partial charge in [0.15, 0.2) is 0 Å². The maximum atomic E-state index is 11.4. The van der Waals surface area contributed by atoms with Gasteiger partial charge in [0.2, 0.25) is 0 Å². The lowest BCUT2D eigenvalue weighted by Gasteiger charge is -2.09. The van der Waals surface area contributed by atoms with Crippen LogP contribution in [-0.4, -0.2) is 15.0 Å². The number of ether oxygens (including phenoxy) is 1. The van der Waals surface area contributed by atoms with Crippen molar-refractivity contribution in [1.82, 2.24) is 0 Å². The summed E-state index contributed by atoms with van der Waals surface area (Å²) in [4.78, 5) is 0.109. The topological polar surface area (TPSA) is 43.4 Å². The van der Waals surface area contributed by atoms with E-state index >= 15 is 0 Å². The van der Waals surface area contributed by atoms with Crippen LogP contribution >= 0.6 is 10.7 Å². The molecule has 0 N–H and O–H groups in total. The van der Waals surface area contributed by atoms with Crippen molar-refractivity contribution in [2.75, 3.05) is 6.61 Å². The minimum atomic E-state index is -3.74. The Hall–Kier alpha value is -1.26. The van der Waals surface area contributed by atoms with Gasteiger partial charge in [0, 0.05) is 21.5 Å². The molecule has 0 amide bonds. The fourth-order valence-corrected chi connectivity index (χ4v) is 2.83. The van der Waals surface area contributed by atoms with Gasteiger partial charge in [0.05, 0.1) is 11.5 Å². The van der Waals surface area contributed by atoms with Gasteiger partial charge in [0.1, 0.15) is 5.75 Å². The van der Waals surface area contributed by atoms with Gasteiger partial charge in [-0.2, -0.15) is 0 Å². The monoisotopic (exact) mass is 270 g/mol. The Morgan fingerprint density at radius 3 is 2.41 bits per heavy atom. The van der Waals surface area contributed by atoms with Crippen LogP contribution in [0.2, 0.25) is 0 Å². The molecule has 0 aromatic heterocycles. The summed E-state index contributed by atoms with van der Waals surface area (Å²) in [5.41, 5.74) is 0. The molecular formula is C12H11ClO3S. The average Bonchev–Trinajstić information content (AvgIpc) is 2.28. The molecular weight excluding hydrogens is 260 g/mol. The van der Waals surface area contributed by atoms with Crippen molar-refractivity contribution >= 4 is 30.5 Å². The molecule has 0 radical (unpaired) electrons. The molecule has 2 rings (SSSR count). The number of fused-ring (bicyclic) bond motifs is 1. The summed E-state index contributed by atoms with van der Waals surface area (Å²) in [6, 6.07) is 10.2. The van der Waals surface area contributed by atoms with Gasteiger partial charge in [-0.3, -0.25) is 0 Å². The molecule has 0 unspecified atom stereocenters. The van der Waals surface area contributed by atoms with E-state index < -0.39 is 9.05 Å². The molecule has 0 aliphatic rings. The summed E-state index contributed by atoms with van der Waals surface area (Å²) >= 11 is 0. The maximum absolute atomic E-state index is 11.4. The lowest BCUT2D eigenvalue weighted by molar-refractivity contribution is 0.344. The van der Waals surface area contributed by atoms with E-state index in [-0.39, 0.29) is 4.90 Å². The van der Waals surface area contributed by atoms with Crippen LogP contribution in [0.1, 0.15) is 6.92 Å². The second-order valence-corrected chi connectivity index (χ2v) is 6.01. The third-order valence-electron chi connectivity index (χ3n) is 2.40. The van der Waals surface area contributed by atoms with Crippen molar-refractivity contribution in [1.29, 1.82) is 0 Å². The predicted molar refractivity (Wildman–Crippen MR) is 68.2 cm³/mol. The molecule has 0 spiro atoms. The third-order valence-corrected chi connectivity index (χ3v) is 3.78. The predicted octanol–water partition coefficient (Wildman–Crippen LogP) is 3.17. The quantitative estimate of drug-likeness (QED) is 0.805. The highest BCUT2D eigenvalue weighted by atomic mass is 35.7. The van der Waals surface area contributed by atoms with Crippen molar-refractivity contribution in [3.8, 4) is 5.75 Å². The van der Waals surface area contributed by atoms with Crippen LogP contribution in [-0.2, 0) is 9.05 Å².